The van der Waals surface area contributed by atoms with E-state index < -0.39 is 26.1 Å². The number of aromatic nitrogens is 2. The maximum atomic E-state index is 13.9. The summed E-state index contributed by atoms with van der Waals surface area (Å²) in [5, 5.41) is 12.1. The first-order valence-electron chi connectivity index (χ1n) is 14.1. The summed E-state index contributed by atoms with van der Waals surface area (Å²) in [6, 6.07) is 19.9. The zero-order chi connectivity index (χ0) is 34.2. The molecular formula is C32H32FN5O7S2. The minimum Gasteiger partial charge on any atom is -0.473 e. The zero-order valence-corrected chi connectivity index (χ0v) is 27.1. The van der Waals surface area contributed by atoms with Crippen LogP contribution in [0.5, 0.6) is 5.88 Å². The molecule has 246 valence electrons. The van der Waals surface area contributed by atoms with Crippen LogP contribution in [0.2, 0.25) is 0 Å². The van der Waals surface area contributed by atoms with E-state index in [0.29, 0.717) is 17.4 Å². The smallest absolute Gasteiger partial charge is 0.294 e. The molecule has 2 aliphatic heterocycles. The van der Waals surface area contributed by atoms with Gasteiger partial charge in [-0.2, -0.15) is 27.1 Å². The summed E-state index contributed by atoms with van der Waals surface area (Å²) in [6.07, 6.45) is 1.65. The van der Waals surface area contributed by atoms with Crippen molar-refractivity contribution in [2.45, 2.75) is 30.2 Å². The average molecular weight is 682 g/mol. The van der Waals surface area contributed by atoms with Gasteiger partial charge in [-0.15, -0.1) is 0 Å². The summed E-state index contributed by atoms with van der Waals surface area (Å²) < 4.78 is 78.6. The zero-order valence-electron chi connectivity index (χ0n) is 25.5. The number of anilines is 1. The predicted molar refractivity (Wildman–Crippen MR) is 172 cm³/mol. The number of rotatable bonds is 6. The normalized spacial score (nSPS) is 13.9. The van der Waals surface area contributed by atoms with Crippen molar-refractivity contribution in [2.24, 2.45) is 0 Å². The molecule has 12 nitrogen and oxygen atoms in total. The van der Waals surface area contributed by atoms with E-state index in [1.54, 1.807) is 48.7 Å². The molecule has 0 amide bonds. The summed E-state index contributed by atoms with van der Waals surface area (Å²) in [5.74, 6) is 0.562. The lowest BCUT2D eigenvalue weighted by Gasteiger charge is -2.18. The molecule has 1 aromatic heterocycles. The minimum atomic E-state index is -4.02. The van der Waals surface area contributed by atoms with Crippen molar-refractivity contribution in [3.8, 4) is 11.9 Å². The van der Waals surface area contributed by atoms with Crippen molar-refractivity contribution in [3.63, 3.8) is 0 Å². The van der Waals surface area contributed by atoms with Crippen LogP contribution in [0.4, 0.5) is 10.3 Å². The maximum absolute atomic E-state index is 13.9. The molecule has 0 spiro atoms. The molecule has 0 fully saturated rings. The first-order valence-corrected chi connectivity index (χ1v) is 17.0. The molecular weight excluding hydrogens is 650 g/mol. The number of hydrogen-bond donors (Lipinski definition) is 3. The van der Waals surface area contributed by atoms with Gasteiger partial charge in [0.05, 0.1) is 21.4 Å². The van der Waals surface area contributed by atoms with E-state index in [2.05, 4.69) is 20.2 Å². The number of nitrogens with zero attached hydrogens (tertiary/aromatic N) is 4. The number of aryl methyl sites for hydroxylation is 2. The van der Waals surface area contributed by atoms with Gasteiger partial charge in [0.25, 0.3) is 20.2 Å². The summed E-state index contributed by atoms with van der Waals surface area (Å²) >= 11 is 0. The molecule has 3 N–H and O–H groups in total. The number of ether oxygens (including phenoxy) is 1. The monoisotopic (exact) mass is 681 g/mol. The molecule has 3 aromatic carbocycles. The van der Waals surface area contributed by atoms with Crippen molar-refractivity contribution in [1.82, 2.24) is 15.3 Å². The summed E-state index contributed by atoms with van der Waals surface area (Å²) in [5.41, 5.74) is 5.40. The highest BCUT2D eigenvalue weighted by molar-refractivity contribution is 7.86. The molecule has 3 heterocycles. The van der Waals surface area contributed by atoms with Crippen LogP contribution in [-0.2, 0) is 26.8 Å². The molecule has 0 aliphatic carbocycles. The highest BCUT2D eigenvalue weighted by Crippen LogP contribution is 2.25. The first kappa shape index (κ1) is 35.1. The van der Waals surface area contributed by atoms with E-state index in [1.807, 2.05) is 19.9 Å². The lowest BCUT2D eigenvalue weighted by atomic mass is 10.1. The van der Waals surface area contributed by atoms with Crippen LogP contribution in [-0.4, -0.2) is 62.1 Å². The van der Waals surface area contributed by atoms with Gasteiger partial charge in [0.2, 0.25) is 11.8 Å². The fraction of sp³-hybridized carbons (Fsp3) is 0.219. The van der Waals surface area contributed by atoms with Gasteiger partial charge in [0, 0.05) is 44.0 Å². The van der Waals surface area contributed by atoms with Crippen LogP contribution in [0.25, 0.3) is 0 Å². The van der Waals surface area contributed by atoms with Gasteiger partial charge < -0.3 is 15.0 Å². The first-order chi connectivity index (χ1) is 22.2. The van der Waals surface area contributed by atoms with Crippen molar-refractivity contribution < 1.29 is 35.1 Å². The molecule has 0 atom stereocenters. The van der Waals surface area contributed by atoms with E-state index >= 15 is 0 Å². The van der Waals surface area contributed by atoms with E-state index in [4.69, 9.17) is 19.1 Å². The summed E-state index contributed by atoms with van der Waals surface area (Å²) in [7, 11) is -8.04. The SMILES string of the molecule is Cc1ccc(S(=O)(=O)O)cc1.Cc1ccc(S(=O)(=O)O)cc1.N#Cc1ccc(COc2ccnc(N3CC4=C(CNC4)C3)n2)c(F)c1. The number of nitrogens with one attached hydrogen (secondary N) is 1. The second kappa shape index (κ2) is 15.2. The average Bonchev–Trinajstić information content (AvgIpc) is 3.64. The quantitative estimate of drug-likeness (QED) is 0.194. The Kier molecular flexibility index (Phi) is 11.4. The Balaban J connectivity index is 0.000000188. The minimum absolute atomic E-state index is 0.0483. The summed E-state index contributed by atoms with van der Waals surface area (Å²) in [4.78, 5) is 10.7. The topological polar surface area (TPSA) is 183 Å². The van der Waals surface area contributed by atoms with Gasteiger partial charge in [-0.05, 0) is 61.4 Å². The van der Waals surface area contributed by atoms with Crippen LogP contribution in [0.15, 0.2) is 99.9 Å². The van der Waals surface area contributed by atoms with Crippen LogP contribution < -0.4 is 15.0 Å². The molecule has 0 bridgehead atoms. The Hall–Kier alpha value is -4.72. The third-order valence-corrected chi connectivity index (χ3v) is 8.77. The van der Waals surface area contributed by atoms with E-state index in [9.17, 15) is 21.2 Å². The fourth-order valence-corrected chi connectivity index (χ4v) is 5.44. The Morgan fingerprint density at radius 3 is 1.87 bits per heavy atom. The summed E-state index contributed by atoms with van der Waals surface area (Å²) in [6.45, 7) is 7.25. The van der Waals surface area contributed by atoms with Crippen molar-refractivity contribution >= 4 is 26.2 Å². The number of nitriles is 1. The molecule has 15 heteroatoms. The highest BCUT2D eigenvalue weighted by Gasteiger charge is 2.26. The highest BCUT2D eigenvalue weighted by atomic mass is 32.2. The molecule has 4 aromatic rings. The van der Waals surface area contributed by atoms with E-state index in [0.717, 1.165) is 37.3 Å². The van der Waals surface area contributed by atoms with E-state index in [1.165, 1.54) is 41.5 Å². The van der Waals surface area contributed by atoms with Gasteiger partial charge in [-0.25, -0.2) is 9.37 Å². The molecule has 0 unspecified atom stereocenters. The fourth-order valence-electron chi connectivity index (χ4n) is 4.48. The van der Waals surface area contributed by atoms with Gasteiger partial charge >= 0.3 is 0 Å². The van der Waals surface area contributed by atoms with Gasteiger partial charge in [0.15, 0.2) is 0 Å². The lowest BCUT2D eigenvalue weighted by Crippen LogP contribution is -2.28. The van der Waals surface area contributed by atoms with Crippen LogP contribution >= 0.6 is 0 Å². The van der Waals surface area contributed by atoms with Gasteiger partial charge in [-0.1, -0.05) is 41.5 Å². The van der Waals surface area contributed by atoms with Crippen LogP contribution in [0.1, 0.15) is 22.3 Å². The molecule has 0 radical (unpaired) electrons. The number of benzene rings is 3. The third-order valence-electron chi connectivity index (χ3n) is 7.04. The van der Waals surface area contributed by atoms with Crippen molar-refractivity contribution in [3.05, 3.63) is 118 Å². The maximum Gasteiger partial charge on any atom is 0.294 e. The van der Waals surface area contributed by atoms with Crippen molar-refractivity contribution in [2.75, 3.05) is 31.1 Å². The number of halogens is 1. The second-order valence-corrected chi connectivity index (χ2v) is 13.5. The standard InChI is InChI=1S/C18H16FN5O.2C7H8O3S/c19-16-5-12(6-20)1-2-13(16)11-25-17-3-4-22-18(23-17)24-9-14-7-21-8-15(14)10-24;2*1-6-2-4-7(5-3-6)11(8,9)10/h1-5,21H,7-11H2;2*2-5H,1H3,(H,8,9,10). The molecule has 47 heavy (non-hydrogen) atoms. The Morgan fingerprint density at radius 2 is 1.40 bits per heavy atom. The molecule has 0 saturated heterocycles. The Labute approximate surface area is 272 Å². The Bertz CT molecular complexity index is 1920. The largest absolute Gasteiger partial charge is 0.473 e. The predicted octanol–water partition coefficient (Wildman–Crippen LogP) is 4.27. The third kappa shape index (κ3) is 10.1. The molecule has 6 rings (SSSR count). The van der Waals surface area contributed by atoms with Gasteiger partial charge in [-0.3, -0.25) is 9.11 Å². The Morgan fingerprint density at radius 1 is 0.872 bits per heavy atom. The van der Waals surface area contributed by atoms with E-state index in [-0.39, 0.29) is 22.0 Å². The van der Waals surface area contributed by atoms with Crippen molar-refractivity contribution in [1.29, 1.82) is 5.26 Å². The second-order valence-electron chi connectivity index (χ2n) is 10.6. The number of hydrogen-bond acceptors (Lipinski definition) is 10. The van der Waals surface area contributed by atoms with Crippen LogP contribution in [0.3, 0.4) is 0 Å². The van der Waals surface area contributed by atoms with Crippen LogP contribution in [0, 0.1) is 31.0 Å². The lowest BCUT2D eigenvalue weighted by molar-refractivity contribution is 0.287. The van der Waals surface area contributed by atoms with Gasteiger partial charge in [0.1, 0.15) is 12.4 Å². The molecule has 2 aliphatic rings. The molecule has 0 saturated carbocycles.